The van der Waals surface area contributed by atoms with Crippen LogP contribution in [0.5, 0.6) is 0 Å². The van der Waals surface area contributed by atoms with E-state index in [1.54, 1.807) is 0 Å². The van der Waals surface area contributed by atoms with Crippen LogP contribution in [0.2, 0.25) is 0 Å². The molecule has 0 aromatic carbocycles. The Bertz CT molecular complexity index is 523. The van der Waals surface area contributed by atoms with Crippen LogP contribution in [0.25, 0.3) is 0 Å². The topological polar surface area (TPSA) is 75.7 Å². The maximum atomic E-state index is 12.6. The summed E-state index contributed by atoms with van der Waals surface area (Å²) < 4.78 is 5.64. The number of hydrogen-bond acceptors (Lipinski definition) is 4. The molecule has 2 saturated heterocycles. The quantitative estimate of drug-likeness (QED) is 0.797. The predicted molar refractivity (Wildman–Crippen MR) is 83.4 cm³/mol. The SMILES string of the molecule is CC1(C)C[C@H](NC(=O)CN2C(=O)CC3(CCCC3)C2=O)CCO1. The van der Waals surface area contributed by atoms with Gasteiger partial charge in [-0.3, -0.25) is 19.3 Å². The van der Waals surface area contributed by atoms with Crippen molar-refractivity contribution in [3.63, 3.8) is 0 Å². The highest BCUT2D eigenvalue weighted by molar-refractivity contribution is 6.08. The summed E-state index contributed by atoms with van der Waals surface area (Å²) in [5.41, 5.74) is -0.749. The van der Waals surface area contributed by atoms with Crippen molar-refractivity contribution in [3.05, 3.63) is 0 Å². The molecule has 0 aromatic heterocycles. The lowest BCUT2D eigenvalue weighted by Crippen LogP contribution is -2.49. The number of likely N-dealkylation sites (tertiary alicyclic amines) is 1. The van der Waals surface area contributed by atoms with Crippen LogP contribution >= 0.6 is 0 Å². The zero-order chi connectivity index (χ0) is 16.7. The van der Waals surface area contributed by atoms with Gasteiger partial charge in [-0.15, -0.1) is 0 Å². The van der Waals surface area contributed by atoms with Crippen LogP contribution in [0.4, 0.5) is 0 Å². The Kier molecular flexibility index (Phi) is 4.21. The Hall–Kier alpha value is -1.43. The molecule has 1 spiro atoms. The van der Waals surface area contributed by atoms with Gasteiger partial charge in [0, 0.05) is 19.1 Å². The van der Waals surface area contributed by atoms with Gasteiger partial charge in [0.2, 0.25) is 17.7 Å². The van der Waals surface area contributed by atoms with Crippen molar-refractivity contribution in [1.29, 1.82) is 0 Å². The highest BCUT2D eigenvalue weighted by atomic mass is 16.5. The number of rotatable bonds is 3. The molecule has 3 fully saturated rings. The summed E-state index contributed by atoms with van der Waals surface area (Å²) in [7, 11) is 0. The molecule has 0 bridgehead atoms. The highest BCUT2D eigenvalue weighted by Crippen LogP contribution is 2.46. The van der Waals surface area contributed by atoms with Crippen molar-refractivity contribution in [2.45, 2.75) is 70.4 Å². The van der Waals surface area contributed by atoms with Gasteiger partial charge >= 0.3 is 0 Å². The Morgan fingerprint density at radius 3 is 2.65 bits per heavy atom. The van der Waals surface area contributed by atoms with Crippen molar-refractivity contribution in [2.24, 2.45) is 5.41 Å². The second kappa shape index (κ2) is 5.89. The first kappa shape index (κ1) is 16.4. The van der Waals surface area contributed by atoms with Crippen LogP contribution in [0, 0.1) is 5.41 Å². The summed E-state index contributed by atoms with van der Waals surface area (Å²) in [6.45, 7) is 4.48. The predicted octanol–water partition coefficient (Wildman–Crippen LogP) is 1.38. The number of imide groups is 1. The summed E-state index contributed by atoms with van der Waals surface area (Å²) in [6, 6.07) is 0.0412. The lowest BCUT2D eigenvalue weighted by molar-refractivity contribution is -0.145. The molecular weight excluding hydrogens is 296 g/mol. The van der Waals surface area contributed by atoms with Crippen LogP contribution < -0.4 is 5.32 Å². The molecule has 2 aliphatic heterocycles. The summed E-state index contributed by atoms with van der Waals surface area (Å²) in [5, 5.41) is 2.96. The van der Waals surface area contributed by atoms with Crippen LogP contribution in [-0.4, -0.2) is 47.4 Å². The number of nitrogens with zero attached hydrogens (tertiary/aromatic N) is 1. The van der Waals surface area contributed by atoms with Crippen molar-refractivity contribution < 1.29 is 19.1 Å². The van der Waals surface area contributed by atoms with E-state index in [9.17, 15) is 14.4 Å². The number of carbonyl (C=O) groups excluding carboxylic acids is 3. The zero-order valence-electron chi connectivity index (χ0n) is 14.0. The Balaban J connectivity index is 1.57. The van der Waals surface area contributed by atoms with Gasteiger partial charge in [-0.25, -0.2) is 0 Å². The van der Waals surface area contributed by atoms with Crippen LogP contribution in [0.15, 0.2) is 0 Å². The number of ether oxygens (including phenoxy) is 1. The van der Waals surface area contributed by atoms with E-state index in [-0.39, 0.29) is 42.3 Å². The second-order valence-corrected chi connectivity index (χ2v) is 7.81. The molecule has 3 amide bonds. The molecule has 3 rings (SSSR count). The third-order valence-electron chi connectivity index (χ3n) is 5.41. The van der Waals surface area contributed by atoms with Crippen molar-refractivity contribution >= 4 is 17.7 Å². The fourth-order valence-corrected chi connectivity index (χ4v) is 4.23. The van der Waals surface area contributed by atoms with Crippen molar-refractivity contribution in [1.82, 2.24) is 10.2 Å². The summed E-state index contributed by atoms with van der Waals surface area (Å²) in [6.07, 6.45) is 5.34. The molecule has 0 aromatic rings. The molecule has 6 nitrogen and oxygen atoms in total. The van der Waals surface area contributed by atoms with Crippen molar-refractivity contribution in [3.8, 4) is 0 Å². The standard InChI is InChI=1S/C17H26N2O4/c1-16(2)9-12(5-8-23-16)18-13(20)11-19-14(21)10-17(15(19)22)6-3-4-7-17/h12H,3-11H2,1-2H3,(H,18,20)/t12-/m1/s1. The molecule has 6 heteroatoms. The summed E-state index contributed by atoms with van der Waals surface area (Å²) in [5.74, 6) is -0.578. The maximum absolute atomic E-state index is 12.6. The first-order valence-electron chi connectivity index (χ1n) is 8.60. The van der Waals surface area contributed by atoms with Gasteiger partial charge in [0.1, 0.15) is 6.54 Å². The lowest BCUT2D eigenvalue weighted by atomic mass is 9.84. The molecule has 128 valence electrons. The van der Waals surface area contributed by atoms with E-state index in [4.69, 9.17) is 4.74 Å². The van der Waals surface area contributed by atoms with Crippen LogP contribution in [0.3, 0.4) is 0 Å². The number of nitrogens with one attached hydrogen (secondary N) is 1. The largest absolute Gasteiger partial charge is 0.375 e. The first-order valence-corrected chi connectivity index (χ1v) is 8.60. The Morgan fingerprint density at radius 2 is 2.00 bits per heavy atom. The van der Waals surface area contributed by atoms with Crippen molar-refractivity contribution in [2.75, 3.05) is 13.2 Å². The molecule has 1 saturated carbocycles. The van der Waals surface area contributed by atoms with E-state index in [2.05, 4.69) is 5.32 Å². The average molecular weight is 322 g/mol. The minimum atomic E-state index is -0.502. The second-order valence-electron chi connectivity index (χ2n) is 7.81. The van der Waals surface area contributed by atoms with Gasteiger partial charge in [-0.1, -0.05) is 12.8 Å². The average Bonchev–Trinajstić information content (AvgIpc) is 3.00. The molecule has 2 heterocycles. The Morgan fingerprint density at radius 1 is 1.30 bits per heavy atom. The minimum absolute atomic E-state index is 0.0412. The van der Waals surface area contributed by atoms with Gasteiger partial charge in [0.15, 0.2) is 0 Å². The summed E-state index contributed by atoms with van der Waals surface area (Å²) >= 11 is 0. The maximum Gasteiger partial charge on any atom is 0.240 e. The molecule has 23 heavy (non-hydrogen) atoms. The fourth-order valence-electron chi connectivity index (χ4n) is 4.23. The molecule has 1 aliphatic carbocycles. The molecule has 0 unspecified atom stereocenters. The number of hydrogen-bond donors (Lipinski definition) is 1. The number of amides is 3. The van der Waals surface area contributed by atoms with E-state index in [0.717, 1.165) is 38.5 Å². The molecule has 0 radical (unpaired) electrons. The third kappa shape index (κ3) is 3.27. The normalized spacial score (nSPS) is 29.3. The van der Waals surface area contributed by atoms with Crippen LogP contribution in [-0.2, 0) is 19.1 Å². The minimum Gasteiger partial charge on any atom is -0.375 e. The monoisotopic (exact) mass is 322 g/mol. The van der Waals surface area contributed by atoms with Gasteiger partial charge in [-0.05, 0) is 39.5 Å². The van der Waals surface area contributed by atoms with E-state index < -0.39 is 5.41 Å². The Labute approximate surface area is 136 Å². The van der Waals surface area contributed by atoms with Crippen LogP contribution in [0.1, 0.15) is 58.8 Å². The van der Waals surface area contributed by atoms with E-state index in [1.165, 1.54) is 4.90 Å². The first-order chi connectivity index (χ1) is 10.8. The fraction of sp³-hybridized carbons (Fsp3) is 0.824. The van der Waals surface area contributed by atoms with Gasteiger partial charge in [-0.2, -0.15) is 0 Å². The smallest absolute Gasteiger partial charge is 0.240 e. The summed E-state index contributed by atoms with van der Waals surface area (Å²) in [4.78, 5) is 38.2. The molecule has 1 atom stereocenters. The molecule has 1 N–H and O–H groups in total. The van der Waals surface area contributed by atoms with E-state index in [1.807, 2.05) is 13.8 Å². The zero-order valence-corrected chi connectivity index (χ0v) is 14.0. The molecule has 3 aliphatic rings. The van der Waals surface area contributed by atoms with E-state index >= 15 is 0 Å². The number of carbonyl (C=O) groups is 3. The lowest BCUT2D eigenvalue weighted by Gasteiger charge is -2.36. The van der Waals surface area contributed by atoms with Gasteiger partial charge < -0.3 is 10.1 Å². The highest BCUT2D eigenvalue weighted by Gasteiger charge is 2.52. The van der Waals surface area contributed by atoms with Gasteiger partial charge in [0.05, 0.1) is 11.0 Å². The third-order valence-corrected chi connectivity index (χ3v) is 5.41. The molecular formula is C17H26N2O4. The van der Waals surface area contributed by atoms with Gasteiger partial charge in [0.25, 0.3) is 0 Å². The van der Waals surface area contributed by atoms with E-state index in [0.29, 0.717) is 6.61 Å².